The molecule has 1 aromatic heterocycles. The average Bonchev–Trinajstić information content (AvgIpc) is 3.03. The summed E-state index contributed by atoms with van der Waals surface area (Å²) >= 11 is 0. The first-order valence-electron chi connectivity index (χ1n) is 7.24. The molecular formula is C16H13F3N4O. The van der Waals surface area contributed by atoms with Crippen LogP contribution >= 0.6 is 0 Å². The maximum absolute atomic E-state index is 12.1. The van der Waals surface area contributed by atoms with Gasteiger partial charge in [-0.3, -0.25) is 4.98 Å². The number of benzene rings is 1. The highest BCUT2D eigenvalue weighted by Gasteiger charge is 2.30. The third-order valence-corrected chi connectivity index (χ3v) is 3.30. The minimum atomic E-state index is -4.68. The molecule has 124 valence electrons. The van der Waals surface area contributed by atoms with Crippen molar-refractivity contribution in [1.82, 2.24) is 4.98 Å². The van der Waals surface area contributed by atoms with E-state index in [2.05, 4.69) is 24.9 Å². The molecule has 2 aromatic rings. The van der Waals surface area contributed by atoms with Crippen LogP contribution in [0.25, 0.3) is 0 Å². The van der Waals surface area contributed by atoms with Gasteiger partial charge in [0, 0.05) is 6.20 Å². The summed E-state index contributed by atoms with van der Waals surface area (Å²) in [6, 6.07) is 11.2. The van der Waals surface area contributed by atoms with Crippen molar-refractivity contribution in [2.24, 2.45) is 15.2 Å². The molecule has 0 N–H and O–H groups in total. The zero-order chi connectivity index (χ0) is 17.0. The van der Waals surface area contributed by atoms with Gasteiger partial charge in [0.25, 0.3) is 0 Å². The van der Waals surface area contributed by atoms with E-state index in [1.165, 1.54) is 12.1 Å². The van der Waals surface area contributed by atoms with Gasteiger partial charge in [0.2, 0.25) is 0 Å². The van der Waals surface area contributed by atoms with Crippen molar-refractivity contribution < 1.29 is 17.9 Å². The minimum Gasteiger partial charge on any atom is -0.406 e. The number of aliphatic imine (C=N–C) groups is 1. The Bertz CT molecular complexity index is 742. The van der Waals surface area contributed by atoms with Crippen molar-refractivity contribution in [3.05, 3.63) is 59.9 Å². The average molecular weight is 334 g/mol. The van der Waals surface area contributed by atoms with Gasteiger partial charge < -0.3 is 4.74 Å². The zero-order valence-electron chi connectivity index (χ0n) is 12.4. The van der Waals surface area contributed by atoms with Crippen LogP contribution in [0.15, 0.2) is 63.9 Å². The SMILES string of the molecule is FC(F)(F)Oc1ccc(CCC2N=NC(c3ccccn3)=N2)cc1. The number of aromatic nitrogens is 1. The summed E-state index contributed by atoms with van der Waals surface area (Å²) in [5.41, 5.74) is 1.54. The van der Waals surface area contributed by atoms with Crippen LogP contribution in [-0.2, 0) is 6.42 Å². The highest BCUT2D eigenvalue weighted by atomic mass is 19.4. The number of pyridine rings is 1. The third-order valence-electron chi connectivity index (χ3n) is 3.30. The van der Waals surface area contributed by atoms with Gasteiger partial charge in [-0.15, -0.1) is 18.3 Å². The van der Waals surface area contributed by atoms with Crippen LogP contribution < -0.4 is 4.74 Å². The first-order chi connectivity index (χ1) is 11.5. The summed E-state index contributed by atoms with van der Waals surface area (Å²) in [5, 5.41) is 8.10. The number of halogens is 3. The Morgan fingerprint density at radius 3 is 2.50 bits per heavy atom. The molecule has 2 heterocycles. The van der Waals surface area contributed by atoms with Gasteiger partial charge in [0.1, 0.15) is 11.4 Å². The summed E-state index contributed by atoms with van der Waals surface area (Å²) in [5.74, 6) is 0.261. The van der Waals surface area contributed by atoms with Gasteiger partial charge in [-0.25, -0.2) is 4.99 Å². The highest BCUT2D eigenvalue weighted by molar-refractivity contribution is 5.98. The number of ether oxygens (including phenoxy) is 1. The van der Waals surface area contributed by atoms with Gasteiger partial charge in [0.05, 0.1) is 0 Å². The Morgan fingerprint density at radius 2 is 1.83 bits per heavy atom. The Balaban J connectivity index is 1.55. The fourth-order valence-electron chi connectivity index (χ4n) is 2.20. The van der Waals surface area contributed by atoms with Gasteiger partial charge in [-0.05, 0) is 42.7 Å². The molecule has 1 atom stereocenters. The third kappa shape index (κ3) is 4.37. The molecule has 0 bridgehead atoms. The number of nitrogens with zero attached hydrogens (tertiary/aromatic N) is 4. The first kappa shape index (κ1) is 16.1. The molecule has 0 saturated carbocycles. The van der Waals surface area contributed by atoms with Crippen molar-refractivity contribution in [3.8, 4) is 5.75 Å². The van der Waals surface area contributed by atoms with E-state index in [0.29, 0.717) is 24.4 Å². The Labute approximate surface area is 135 Å². The van der Waals surface area contributed by atoms with E-state index in [-0.39, 0.29) is 11.9 Å². The number of aryl methyl sites for hydroxylation is 1. The van der Waals surface area contributed by atoms with Gasteiger partial charge in [0.15, 0.2) is 12.0 Å². The number of amidine groups is 1. The molecule has 3 rings (SSSR count). The fourth-order valence-corrected chi connectivity index (χ4v) is 2.20. The maximum Gasteiger partial charge on any atom is 0.573 e. The Kier molecular flexibility index (Phi) is 4.54. The Morgan fingerprint density at radius 1 is 1.04 bits per heavy atom. The van der Waals surface area contributed by atoms with E-state index >= 15 is 0 Å². The molecule has 0 saturated heterocycles. The first-order valence-corrected chi connectivity index (χ1v) is 7.24. The van der Waals surface area contributed by atoms with Crippen LogP contribution in [0, 0.1) is 0 Å². The molecule has 8 heteroatoms. The molecule has 0 spiro atoms. The topological polar surface area (TPSA) is 59.2 Å². The number of azo groups is 1. The molecule has 5 nitrogen and oxygen atoms in total. The Hall–Kier alpha value is -2.77. The molecular weight excluding hydrogens is 321 g/mol. The van der Waals surface area contributed by atoms with E-state index in [9.17, 15) is 13.2 Å². The quantitative estimate of drug-likeness (QED) is 0.824. The lowest BCUT2D eigenvalue weighted by atomic mass is 10.1. The van der Waals surface area contributed by atoms with Gasteiger partial charge >= 0.3 is 6.36 Å². The predicted octanol–water partition coefficient (Wildman–Crippen LogP) is 4.15. The van der Waals surface area contributed by atoms with Crippen LogP contribution in [-0.4, -0.2) is 23.3 Å². The van der Waals surface area contributed by atoms with E-state index in [1.807, 2.05) is 6.07 Å². The van der Waals surface area contributed by atoms with Crippen molar-refractivity contribution >= 4 is 5.84 Å². The predicted molar refractivity (Wildman–Crippen MR) is 80.9 cm³/mol. The van der Waals surface area contributed by atoms with Gasteiger partial charge in [-0.1, -0.05) is 18.2 Å². The molecule has 1 unspecified atom stereocenters. The highest BCUT2D eigenvalue weighted by Crippen LogP contribution is 2.23. The lowest BCUT2D eigenvalue weighted by Gasteiger charge is -2.09. The molecule has 0 aliphatic carbocycles. The summed E-state index contributed by atoms with van der Waals surface area (Å²) < 4.78 is 40.2. The van der Waals surface area contributed by atoms with E-state index in [4.69, 9.17) is 0 Å². The van der Waals surface area contributed by atoms with Crippen molar-refractivity contribution in [2.45, 2.75) is 25.4 Å². The minimum absolute atomic E-state index is 0.234. The monoisotopic (exact) mass is 334 g/mol. The summed E-state index contributed by atoms with van der Waals surface area (Å²) in [6.45, 7) is 0. The lowest BCUT2D eigenvalue weighted by molar-refractivity contribution is -0.274. The lowest BCUT2D eigenvalue weighted by Crippen LogP contribution is -2.17. The van der Waals surface area contributed by atoms with Crippen LogP contribution in [0.5, 0.6) is 5.75 Å². The largest absolute Gasteiger partial charge is 0.573 e. The number of rotatable bonds is 5. The second kappa shape index (κ2) is 6.77. The summed E-state index contributed by atoms with van der Waals surface area (Å²) in [7, 11) is 0. The molecule has 0 radical (unpaired) electrons. The van der Waals surface area contributed by atoms with E-state index in [1.54, 1.807) is 30.5 Å². The fraction of sp³-hybridized carbons (Fsp3) is 0.250. The second-order valence-electron chi connectivity index (χ2n) is 5.09. The molecule has 1 aromatic carbocycles. The molecule has 0 fully saturated rings. The standard InChI is InChI=1S/C16H13F3N4O/c17-16(18,19)24-12-7-4-11(5-8-12)6-9-14-21-15(23-22-14)13-3-1-2-10-20-13/h1-5,7-8,10,14H,6,9H2. The van der Waals surface area contributed by atoms with Gasteiger partial charge in [-0.2, -0.15) is 5.11 Å². The van der Waals surface area contributed by atoms with Crippen LogP contribution in [0.1, 0.15) is 17.7 Å². The summed E-state index contributed by atoms with van der Waals surface area (Å²) in [4.78, 5) is 8.55. The van der Waals surface area contributed by atoms with E-state index < -0.39 is 6.36 Å². The summed E-state index contributed by atoms with van der Waals surface area (Å²) in [6.07, 6.45) is -2.09. The number of hydrogen-bond acceptors (Lipinski definition) is 5. The number of hydrogen-bond donors (Lipinski definition) is 0. The smallest absolute Gasteiger partial charge is 0.406 e. The van der Waals surface area contributed by atoms with Crippen LogP contribution in [0.3, 0.4) is 0 Å². The molecule has 0 amide bonds. The molecule has 1 aliphatic rings. The van der Waals surface area contributed by atoms with Crippen molar-refractivity contribution in [1.29, 1.82) is 0 Å². The molecule has 1 aliphatic heterocycles. The maximum atomic E-state index is 12.1. The second-order valence-corrected chi connectivity index (χ2v) is 5.09. The normalized spacial score (nSPS) is 17.0. The molecule has 24 heavy (non-hydrogen) atoms. The van der Waals surface area contributed by atoms with E-state index in [0.717, 1.165) is 5.56 Å². The van der Waals surface area contributed by atoms with Crippen LogP contribution in [0.4, 0.5) is 13.2 Å². The van der Waals surface area contributed by atoms with Crippen molar-refractivity contribution in [3.63, 3.8) is 0 Å². The zero-order valence-corrected chi connectivity index (χ0v) is 12.4. The van der Waals surface area contributed by atoms with Crippen LogP contribution in [0.2, 0.25) is 0 Å². The number of alkyl halides is 3. The van der Waals surface area contributed by atoms with Crippen molar-refractivity contribution in [2.75, 3.05) is 0 Å².